The van der Waals surface area contributed by atoms with Gasteiger partial charge in [-0.2, -0.15) is 5.10 Å². The zero-order valence-electron chi connectivity index (χ0n) is 9.48. The highest BCUT2D eigenvalue weighted by molar-refractivity contribution is 6.30. The minimum absolute atomic E-state index is 0.403. The zero-order valence-corrected chi connectivity index (χ0v) is 10.2. The van der Waals surface area contributed by atoms with Gasteiger partial charge >= 0.3 is 5.97 Å². The van der Waals surface area contributed by atoms with Crippen LogP contribution in [0, 0.1) is 0 Å². The molecule has 4 nitrogen and oxygen atoms in total. The molecule has 1 heterocycles. The lowest BCUT2D eigenvalue weighted by molar-refractivity contribution is 0.0588. The number of aromatic nitrogens is 2. The molecule has 88 valence electrons. The molecule has 2 rings (SSSR count). The van der Waals surface area contributed by atoms with Crippen LogP contribution in [-0.4, -0.2) is 22.9 Å². The normalized spacial score (nSPS) is 10.3. The number of benzene rings is 1. The van der Waals surface area contributed by atoms with Gasteiger partial charge in [0.25, 0.3) is 0 Å². The summed E-state index contributed by atoms with van der Waals surface area (Å²) in [7, 11) is 3.04. The number of nitrogens with zero attached hydrogens (tertiary/aromatic N) is 2. The standard InChI is InChI=1S/C12H11ClN2O2/c1-15-11(12(16)17-2)7-10(14-15)8-3-5-9(13)6-4-8/h3-7H,1-2H3. The Hall–Kier alpha value is -1.81. The third kappa shape index (κ3) is 2.31. The van der Waals surface area contributed by atoms with E-state index < -0.39 is 5.97 Å². The highest BCUT2D eigenvalue weighted by Gasteiger charge is 2.14. The van der Waals surface area contributed by atoms with Gasteiger partial charge in [-0.3, -0.25) is 4.68 Å². The number of esters is 1. The van der Waals surface area contributed by atoms with E-state index in [1.54, 1.807) is 25.2 Å². The Morgan fingerprint density at radius 1 is 1.35 bits per heavy atom. The first-order valence-corrected chi connectivity index (χ1v) is 5.38. The molecular weight excluding hydrogens is 240 g/mol. The van der Waals surface area contributed by atoms with E-state index in [1.807, 2.05) is 12.1 Å². The topological polar surface area (TPSA) is 44.1 Å². The van der Waals surface area contributed by atoms with Crippen molar-refractivity contribution in [3.05, 3.63) is 41.0 Å². The van der Waals surface area contributed by atoms with Crippen LogP contribution in [0.4, 0.5) is 0 Å². The summed E-state index contributed by atoms with van der Waals surface area (Å²) in [4.78, 5) is 11.4. The molecule has 2 aromatic rings. The summed E-state index contributed by atoms with van der Waals surface area (Å²) in [5.41, 5.74) is 2.03. The van der Waals surface area contributed by atoms with Crippen molar-refractivity contribution in [1.29, 1.82) is 0 Å². The predicted molar refractivity (Wildman–Crippen MR) is 65.0 cm³/mol. The number of rotatable bonds is 2. The van der Waals surface area contributed by atoms with Gasteiger partial charge in [-0.15, -0.1) is 0 Å². The van der Waals surface area contributed by atoms with Crippen LogP contribution in [0.5, 0.6) is 0 Å². The summed E-state index contributed by atoms with van der Waals surface area (Å²) in [6.45, 7) is 0. The largest absolute Gasteiger partial charge is 0.464 e. The van der Waals surface area contributed by atoms with Crippen LogP contribution in [0.2, 0.25) is 5.02 Å². The highest BCUT2D eigenvalue weighted by atomic mass is 35.5. The molecule has 0 unspecified atom stereocenters. The summed E-state index contributed by atoms with van der Waals surface area (Å²) in [6.07, 6.45) is 0. The van der Waals surface area contributed by atoms with Gasteiger partial charge in [0.2, 0.25) is 0 Å². The average molecular weight is 251 g/mol. The second-order valence-electron chi connectivity index (χ2n) is 3.54. The van der Waals surface area contributed by atoms with Gasteiger partial charge in [-0.05, 0) is 18.2 Å². The maximum atomic E-state index is 11.4. The number of aryl methyl sites for hydroxylation is 1. The van der Waals surface area contributed by atoms with Crippen molar-refractivity contribution in [3.8, 4) is 11.3 Å². The van der Waals surface area contributed by atoms with Crippen molar-refractivity contribution in [3.63, 3.8) is 0 Å². The molecule has 0 aliphatic heterocycles. The molecule has 0 radical (unpaired) electrons. The number of hydrogen-bond donors (Lipinski definition) is 0. The van der Waals surface area contributed by atoms with Crippen LogP contribution in [0.3, 0.4) is 0 Å². The van der Waals surface area contributed by atoms with E-state index >= 15 is 0 Å². The molecule has 17 heavy (non-hydrogen) atoms. The van der Waals surface area contributed by atoms with E-state index in [-0.39, 0.29) is 0 Å². The Labute approximate surface area is 104 Å². The third-order valence-corrected chi connectivity index (χ3v) is 2.67. The van der Waals surface area contributed by atoms with Crippen LogP contribution in [0.25, 0.3) is 11.3 Å². The first kappa shape index (κ1) is 11.7. The van der Waals surface area contributed by atoms with Gasteiger partial charge in [0.1, 0.15) is 5.69 Å². The van der Waals surface area contributed by atoms with E-state index in [0.717, 1.165) is 5.56 Å². The molecule has 0 saturated carbocycles. The van der Waals surface area contributed by atoms with Gasteiger partial charge in [0.05, 0.1) is 12.8 Å². The quantitative estimate of drug-likeness (QED) is 0.770. The van der Waals surface area contributed by atoms with Crippen molar-refractivity contribution in [1.82, 2.24) is 9.78 Å². The lowest BCUT2D eigenvalue weighted by Crippen LogP contribution is -2.07. The van der Waals surface area contributed by atoms with E-state index in [4.69, 9.17) is 11.6 Å². The fraction of sp³-hybridized carbons (Fsp3) is 0.167. The zero-order chi connectivity index (χ0) is 12.4. The molecule has 0 saturated heterocycles. The van der Waals surface area contributed by atoms with Crippen molar-refractivity contribution in [2.75, 3.05) is 7.11 Å². The number of methoxy groups -OCH3 is 1. The second kappa shape index (κ2) is 4.59. The third-order valence-electron chi connectivity index (χ3n) is 2.41. The molecule has 0 aliphatic carbocycles. The van der Waals surface area contributed by atoms with Gasteiger partial charge < -0.3 is 4.74 Å². The van der Waals surface area contributed by atoms with Crippen molar-refractivity contribution >= 4 is 17.6 Å². The maximum Gasteiger partial charge on any atom is 0.356 e. The Morgan fingerprint density at radius 2 is 2.00 bits per heavy atom. The summed E-state index contributed by atoms with van der Waals surface area (Å²) in [5, 5.41) is 4.92. The number of carbonyl (C=O) groups is 1. The summed E-state index contributed by atoms with van der Waals surface area (Å²) >= 11 is 5.81. The van der Waals surface area contributed by atoms with Crippen LogP contribution < -0.4 is 0 Å². The fourth-order valence-corrected chi connectivity index (χ4v) is 1.65. The molecule has 0 atom stereocenters. The van der Waals surface area contributed by atoms with Crippen LogP contribution in [-0.2, 0) is 11.8 Å². The number of halogens is 1. The monoisotopic (exact) mass is 250 g/mol. The molecular formula is C12H11ClN2O2. The lowest BCUT2D eigenvalue weighted by atomic mass is 10.1. The number of ether oxygens (including phenoxy) is 1. The Bertz CT molecular complexity index is 546. The minimum Gasteiger partial charge on any atom is -0.464 e. The first-order chi connectivity index (χ1) is 8.11. The van der Waals surface area contributed by atoms with E-state index in [2.05, 4.69) is 9.84 Å². The lowest BCUT2D eigenvalue weighted by Gasteiger charge is -1.96. The van der Waals surface area contributed by atoms with Crippen LogP contribution in [0.15, 0.2) is 30.3 Å². The maximum absolute atomic E-state index is 11.4. The molecule has 0 fully saturated rings. The van der Waals surface area contributed by atoms with E-state index in [0.29, 0.717) is 16.4 Å². The van der Waals surface area contributed by atoms with Crippen molar-refractivity contribution < 1.29 is 9.53 Å². The highest BCUT2D eigenvalue weighted by Crippen LogP contribution is 2.21. The first-order valence-electron chi connectivity index (χ1n) is 5.00. The molecule has 0 N–H and O–H groups in total. The summed E-state index contributed by atoms with van der Waals surface area (Å²) in [5.74, 6) is -0.403. The van der Waals surface area contributed by atoms with Gasteiger partial charge in [-0.1, -0.05) is 23.7 Å². The minimum atomic E-state index is -0.403. The molecule has 5 heteroatoms. The van der Waals surface area contributed by atoms with Gasteiger partial charge in [0.15, 0.2) is 0 Å². The predicted octanol–water partition coefficient (Wildman–Crippen LogP) is 2.53. The van der Waals surface area contributed by atoms with Crippen LogP contribution >= 0.6 is 11.6 Å². The molecule has 0 bridgehead atoms. The molecule has 0 spiro atoms. The SMILES string of the molecule is COC(=O)c1cc(-c2ccc(Cl)cc2)nn1C. The molecule has 1 aromatic carbocycles. The van der Waals surface area contributed by atoms with E-state index in [9.17, 15) is 4.79 Å². The van der Waals surface area contributed by atoms with Gasteiger partial charge in [-0.25, -0.2) is 4.79 Å². The summed E-state index contributed by atoms with van der Waals surface area (Å²) in [6, 6.07) is 8.96. The smallest absolute Gasteiger partial charge is 0.356 e. The number of hydrogen-bond acceptors (Lipinski definition) is 3. The molecule has 0 aliphatic rings. The van der Waals surface area contributed by atoms with E-state index in [1.165, 1.54) is 11.8 Å². The fourth-order valence-electron chi connectivity index (χ4n) is 1.52. The van der Waals surface area contributed by atoms with Gasteiger partial charge in [0, 0.05) is 17.6 Å². The second-order valence-corrected chi connectivity index (χ2v) is 3.97. The molecule has 0 amide bonds. The van der Waals surface area contributed by atoms with Crippen LogP contribution in [0.1, 0.15) is 10.5 Å². The summed E-state index contributed by atoms with van der Waals surface area (Å²) < 4.78 is 6.16. The Kier molecular flexibility index (Phi) is 3.15. The average Bonchev–Trinajstić information content (AvgIpc) is 2.71. The number of carbonyl (C=O) groups excluding carboxylic acids is 1. The Balaban J connectivity index is 2.41. The van der Waals surface area contributed by atoms with Crippen molar-refractivity contribution in [2.45, 2.75) is 0 Å². The van der Waals surface area contributed by atoms with Crippen molar-refractivity contribution in [2.24, 2.45) is 7.05 Å². The molecule has 1 aromatic heterocycles. The Morgan fingerprint density at radius 3 is 2.59 bits per heavy atom.